The maximum absolute atomic E-state index is 11.3. The van der Waals surface area contributed by atoms with Crippen molar-refractivity contribution in [2.45, 2.75) is 25.6 Å². The average Bonchev–Trinajstić information content (AvgIpc) is 2.76. The molecule has 1 heterocycles. The van der Waals surface area contributed by atoms with E-state index in [1.807, 2.05) is 6.07 Å². The van der Waals surface area contributed by atoms with Crippen molar-refractivity contribution in [3.05, 3.63) is 23.7 Å². The Morgan fingerprint density at radius 1 is 1.71 bits per heavy atom. The highest BCUT2D eigenvalue weighted by molar-refractivity contribution is 5.76. The fraction of sp³-hybridized carbons (Fsp3) is 0.455. The SMILES string of the molecule is COC(=O)C(NCc1ccc(C#N)o1)C(C)O. The van der Waals surface area contributed by atoms with E-state index in [2.05, 4.69) is 10.1 Å². The van der Waals surface area contributed by atoms with Crippen molar-refractivity contribution in [3.63, 3.8) is 0 Å². The van der Waals surface area contributed by atoms with Crippen LogP contribution in [0.15, 0.2) is 16.5 Å². The van der Waals surface area contributed by atoms with Crippen molar-refractivity contribution in [2.24, 2.45) is 0 Å². The topological polar surface area (TPSA) is 95.5 Å². The fourth-order valence-electron chi connectivity index (χ4n) is 1.32. The van der Waals surface area contributed by atoms with Gasteiger partial charge in [-0.15, -0.1) is 0 Å². The lowest BCUT2D eigenvalue weighted by Gasteiger charge is -2.18. The van der Waals surface area contributed by atoms with Crippen LogP contribution in [0.2, 0.25) is 0 Å². The molecule has 1 aromatic rings. The molecule has 0 aliphatic carbocycles. The standard InChI is InChI=1S/C11H14N2O4/c1-7(14)10(11(15)16-2)13-6-9-4-3-8(5-12)17-9/h3-4,7,10,13-14H,6H2,1-2H3. The first-order chi connectivity index (χ1) is 8.08. The summed E-state index contributed by atoms with van der Waals surface area (Å²) in [7, 11) is 1.25. The van der Waals surface area contributed by atoms with Crippen LogP contribution in [0.3, 0.4) is 0 Å². The van der Waals surface area contributed by atoms with Gasteiger partial charge in [-0.05, 0) is 19.1 Å². The van der Waals surface area contributed by atoms with E-state index in [4.69, 9.17) is 9.68 Å². The zero-order chi connectivity index (χ0) is 12.8. The fourth-order valence-corrected chi connectivity index (χ4v) is 1.32. The second kappa shape index (κ2) is 6.03. The Morgan fingerprint density at radius 2 is 2.41 bits per heavy atom. The molecule has 1 rings (SSSR count). The predicted molar refractivity (Wildman–Crippen MR) is 57.7 cm³/mol. The minimum absolute atomic E-state index is 0.202. The number of ether oxygens (including phenoxy) is 1. The average molecular weight is 238 g/mol. The molecular weight excluding hydrogens is 224 g/mol. The number of hydrogen-bond donors (Lipinski definition) is 2. The molecule has 1 aromatic heterocycles. The Kier molecular flexibility index (Phi) is 4.69. The van der Waals surface area contributed by atoms with E-state index < -0.39 is 18.1 Å². The third-order valence-electron chi connectivity index (χ3n) is 2.21. The van der Waals surface area contributed by atoms with Crippen LogP contribution >= 0.6 is 0 Å². The maximum atomic E-state index is 11.3. The number of esters is 1. The molecule has 2 atom stereocenters. The number of aliphatic hydroxyl groups excluding tert-OH is 1. The molecule has 0 fully saturated rings. The quantitative estimate of drug-likeness (QED) is 0.709. The van der Waals surface area contributed by atoms with Crippen molar-refractivity contribution in [3.8, 4) is 6.07 Å². The number of hydrogen-bond acceptors (Lipinski definition) is 6. The van der Waals surface area contributed by atoms with Gasteiger partial charge in [0.05, 0.1) is 19.8 Å². The number of rotatable bonds is 5. The lowest BCUT2D eigenvalue weighted by atomic mass is 10.2. The van der Waals surface area contributed by atoms with Crippen LogP contribution in [0.5, 0.6) is 0 Å². The smallest absolute Gasteiger partial charge is 0.325 e. The molecule has 0 spiro atoms. The van der Waals surface area contributed by atoms with Gasteiger partial charge in [-0.25, -0.2) is 0 Å². The van der Waals surface area contributed by atoms with Gasteiger partial charge >= 0.3 is 5.97 Å². The minimum Gasteiger partial charge on any atom is -0.468 e. The van der Waals surface area contributed by atoms with Crippen LogP contribution in [0.4, 0.5) is 0 Å². The maximum Gasteiger partial charge on any atom is 0.325 e. The number of furan rings is 1. The molecule has 6 nitrogen and oxygen atoms in total. The highest BCUT2D eigenvalue weighted by atomic mass is 16.5. The van der Waals surface area contributed by atoms with Crippen molar-refractivity contribution < 1.29 is 19.1 Å². The third-order valence-corrected chi connectivity index (χ3v) is 2.21. The van der Waals surface area contributed by atoms with Gasteiger partial charge in [0.15, 0.2) is 0 Å². The Bertz CT molecular complexity index is 419. The van der Waals surface area contributed by atoms with Gasteiger partial charge in [-0.2, -0.15) is 5.26 Å². The first-order valence-corrected chi connectivity index (χ1v) is 5.06. The molecule has 2 unspecified atom stereocenters. The summed E-state index contributed by atoms with van der Waals surface area (Å²) in [5, 5.41) is 20.8. The van der Waals surface area contributed by atoms with Crippen molar-refractivity contribution in [1.82, 2.24) is 5.32 Å². The van der Waals surface area contributed by atoms with Gasteiger partial charge in [0.1, 0.15) is 17.9 Å². The van der Waals surface area contributed by atoms with Gasteiger partial charge in [-0.3, -0.25) is 10.1 Å². The molecular formula is C11H14N2O4. The molecule has 0 bridgehead atoms. The molecule has 92 valence electrons. The van der Waals surface area contributed by atoms with Crippen molar-refractivity contribution in [2.75, 3.05) is 7.11 Å². The molecule has 0 saturated heterocycles. The van der Waals surface area contributed by atoms with Gasteiger partial charge < -0.3 is 14.3 Å². The second-order valence-electron chi connectivity index (χ2n) is 3.50. The molecule has 17 heavy (non-hydrogen) atoms. The van der Waals surface area contributed by atoms with Crippen LogP contribution in [-0.2, 0) is 16.1 Å². The summed E-state index contributed by atoms with van der Waals surface area (Å²) in [5.41, 5.74) is 0. The van der Waals surface area contributed by atoms with Crippen LogP contribution in [0, 0.1) is 11.3 Å². The summed E-state index contributed by atoms with van der Waals surface area (Å²) in [6.07, 6.45) is -0.882. The van der Waals surface area contributed by atoms with E-state index in [9.17, 15) is 9.90 Å². The number of nitriles is 1. The Balaban J connectivity index is 2.58. The Morgan fingerprint density at radius 3 is 2.88 bits per heavy atom. The zero-order valence-electron chi connectivity index (χ0n) is 9.64. The molecule has 0 radical (unpaired) electrons. The van der Waals surface area contributed by atoms with E-state index >= 15 is 0 Å². The lowest BCUT2D eigenvalue weighted by molar-refractivity contribution is -0.145. The van der Waals surface area contributed by atoms with Gasteiger partial charge in [-0.1, -0.05) is 0 Å². The van der Waals surface area contributed by atoms with E-state index in [0.717, 1.165) is 0 Å². The summed E-state index contributed by atoms with van der Waals surface area (Å²) >= 11 is 0. The number of nitrogens with one attached hydrogen (secondary N) is 1. The van der Waals surface area contributed by atoms with Crippen molar-refractivity contribution >= 4 is 5.97 Å². The zero-order valence-corrected chi connectivity index (χ0v) is 9.64. The van der Waals surface area contributed by atoms with Crippen molar-refractivity contribution in [1.29, 1.82) is 5.26 Å². The lowest BCUT2D eigenvalue weighted by Crippen LogP contribution is -2.45. The van der Waals surface area contributed by atoms with Crippen LogP contribution in [-0.4, -0.2) is 30.3 Å². The van der Waals surface area contributed by atoms with Gasteiger partial charge in [0.2, 0.25) is 5.76 Å². The molecule has 0 aliphatic heterocycles. The minimum atomic E-state index is -0.882. The highest BCUT2D eigenvalue weighted by Gasteiger charge is 2.24. The van der Waals surface area contributed by atoms with E-state index in [-0.39, 0.29) is 12.3 Å². The Labute approximate surface area is 98.8 Å². The summed E-state index contributed by atoms with van der Waals surface area (Å²) < 4.78 is 9.66. The molecule has 0 saturated carbocycles. The normalized spacial score (nSPS) is 13.8. The third kappa shape index (κ3) is 3.59. The van der Waals surface area contributed by atoms with Gasteiger partial charge in [0.25, 0.3) is 0 Å². The second-order valence-corrected chi connectivity index (χ2v) is 3.50. The number of nitrogens with zero attached hydrogens (tertiary/aromatic N) is 1. The van der Waals surface area contributed by atoms with Gasteiger partial charge in [0, 0.05) is 0 Å². The predicted octanol–water partition coefficient (Wildman–Crippen LogP) is 0.163. The van der Waals surface area contributed by atoms with Crippen LogP contribution < -0.4 is 5.32 Å². The highest BCUT2D eigenvalue weighted by Crippen LogP contribution is 2.07. The summed E-state index contributed by atoms with van der Waals surface area (Å²) in [5.74, 6) is 0.164. The molecule has 2 N–H and O–H groups in total. The Hall–Kier alpha value is -1.84. The molecule has 0 aromatic carbocycles. The first kappa shape index (κ1) is 13.2. The summed E-state index contributed by atoms with van der Waals surface area (Å²) in [6, 6.07) is 4.19. The van der Waals surface area contributed by atoms with E-state index in [1.165, 1.54) is 20.1 Å². The van der Waals surface area contributed by atoms with E-state index in [0.29, 0.717) is 5.76 Å². The van der Waals surface area contributed by atoms with Crippen LogP contribution in [0.25, 0.3) is 0 Å². The number of carbonyl (C=O) groups is 1. The van der Waals surface area contributed by atoms with Crippen LogP contribution in [0.1, 0.15) is 18.4 Å². The number of methoxy groups -OCH3 is 1. The molecule has 0 aliphatic rings. The summed E-state index contributed by atoms with van der Waals surface area (Å²) in [6.45, 7) is 1.71. The molecule has 0 amide bonds. The summed E-state index contributed by atoms with van der Waals surface area (Å²) in [4.78, 5) is 11.3. The number of aliphatic hydroxyl groups is 1. The largest absolute Gasteiger partial charge is 0.468 e. The molecule has 6 heteroatoms. The first-order valence-electron chi connectivity index (χ1n) is 5.06. The monoisotopic (exact) mass is 238 g/mol. The van der Waals surface area contributed by atoms with E-state index in [1.54, 1.807) is 6.07 Å². The number of carbonyl (C=O) groups excluding carboxylic acids is 1.